The number of rotatable bonds is 2. The highest BCUT2D eigenvalue weighted by Gasteiger charge is 2.33. The summed E-state index contributed by atoms with van der Waals surface area (Å²) in [6, 6.07) is 12.5. The predicted octanol–water partition coefficient (Wildman–Crippen LogP) is 6.37. The normalized spacial score (nSPS) is 10.2. The number of carbonyl (C=O) groups excluding carboxylic acids is 2. The van der Waals surface area contributed by atoms with Gasteiger partial charge in [-0.1, -0.05) is 6.07 Å². The fraction of sp³-hybridized carbons (Fsp3) is 0.192. The largest absolute Gasteiger partial charge is 0.418 e. The third-order valence-corrected chi connectivity index (χ3v) is 5.38. The Morgan fingerprint density at radius 3 is 2.03 bits per heavy atom. The number of pyridine rings is 1. The fourth-order valence-corrected chi connectivity index (χ4v) is 3.45. The van der Waals surface area contributed by atoms with Crippen molar-refractivity contribution in [3.05, 3.63) is 83.6 Å². The van der Waals surface area contributed by atoms with Gasteiger partial charge in [0.05, 0.1) is 5.56 Å². The van der Waals surface area contributed by atoms with Crippen LogP contribution in [0.4, 0.5) is 23.2 Å². The van der Waals surface area contributed by atoms with E-state index in [1.807, 2.05) is 40.5 Å². The summed E-state index contributed by atoms with van der Waals surface area (Å²) in [4.78, 5) is 19.8. The number of fused-ring (bicyclic) bond motifs is 1. The van der Waals surface area contributed by atoms with Crippen molar-refractivity contribution >= 4 is 30.2 Å². The zero-order chi connectivity index (χ0) is 26.8. The highest BCUT2D eigenvalue weighted by atomic mass is 19.4. The van der Waals surface area contributed by atoms with Crippen molar-refractivity contribution in [2.45, 2.75) is 20.0 Å². The molecule has 0 saturated carbocycles. The first-order chi connectivity index (χ1) is 16.6. The predicted molar refractivity (Wildman–Crippen MR) is 131 cm³/mol. The minimum Gasteiger partial charge on any atom is -0.388 e. The van der Waals surface area contributed by atoms with E-state index in [4.69, 9.17) is 9.59 Å². The topological polar surface area (TPSA) is 64.0 Å². The third-order valence-electron chi connectivity index (χ3n) is 5.38. The summed E-state index contributed by atoms with van der Waals surface area (Å²) in [5, 5.41) is 3.56. The minimum absolute atomic E-state index is 0.0697. The molecule has 0 fully saturated rings. The zero-order valence-corrected chi connectivity index (χ0v) is 19.9. The van der Waals surface area contributed by atoms with Crippen molar-refractivity contribution < 1.29 is 27.2 Å². The lowest BCUT2D eigenvalue weighted by atomic mass is 10.0. The quantitative estimate of drug-likeness (QED) is 0.332. The molecule has 2 heterocycles. The van der Waals surface area contributed by atoms with Crippen LogP contribution in [0.2, 0.25) is 0 Å². The van der Waals surface area contributed by atoms with Gasteiger partial charge in [-0.05, 0) is 73.0 Å². The van der Waals surface area contributed by atoms with Crippen LogP contribution in [0, 0.1) is 19.7 Å². The average molecular weight is 490 g/mol. The van der Waals surface area contributed by atoms with E-state index in [-0.39, 0.29) is 11.5 Å². The number of hydrogen-bond acceptors (Lipinski definition) is 4. The van der Waals surface area contributed by atoms with Crippen LogP contribution in [-0.4, -0.2) is 30.2 Å². The molecule has 0 unspecified atom stereocenters. The molecule has 0 spiro atoms. The lowest BCUT2D eigenvalue weighted by Gasteiger charge is -2.14. The van der Waals surface area contributed by atoms with Gasteiger partial charge in [-0.25, -0.2) is 4.39 Å². The van der Waals surface area contributed by atoms with E-state index in [9.17, 15) is 17.6 Å². The number of nitrogens with zero attached hydrogens (tertiary/aromatic N) is 2. The SMILES string of the molecule is C=O.C=O.CNc1ccc(-c2ccncc2)cc1C(F)(F)F.Cc1c(C)n(C)c2ccc(F)cc12. The van der Waals surface area contributed by atoms with Gasteiger partial charge in [-0.3, -0.25) is 4.98 Å². The molecule has 2 aromatic carbocycles. The first-order valence-corrected chi connectivity index (χ1v) is 10.2. The molecule has 186 valence electrons. The molecular weight excluding hydrogens is 462 g/mol. The van der Waals surface area contributed by atoms with Crippen molar-refractivity contribution in [3.8, 4) is 11.1 Å². The molecule has 0 aliphatic carbocycles. The van der Waals surface area contributed by atoms with Crippen LogP contribution in [0.25, 0.3) is 22.0 Å². The summed E-state index contributed by atoms with van der Waals surface area (Å²) < 4.78 is 53.7. The molecule has 0 amide bonds. The molecular formula is C26H27F4N3O2. The van der Waals surface area contributed by atoms with E-state index in [2.05, 4.69) is 14.9 Å². The van der Waals surface area contributed by atoms with Gasteiger partial charge in [-0.2, -0.15) is 13.2 Å². The highest BCUT2D eigenvalue weighted by Crippen LogP contribution is 2.37. The second-order valence-corrected chi connectivity index (χ2v) is 7.17. The average Bonchev–Trinajstić information content (AvgIpc) is 3.09. The molecule has 0 bridgehead atoms. The van der Waals surface area contributed by atoms with Crippen molar-refractivity contribution in [2.75, 3.05) is 12.4 Å². The summed E-state index contributed by atoms with van der Waals surface area (Å²) >= 11 is 0. The lowest BCUT2D eigenvalue weighted by Crippen LogP contribution is -2.09. The maximum Gasteiger partial charge on any atom is 0.418 e. The summed E-state index contributed by atoms with van der Waals surface area (Å²) in [7, 11) is 3.47. The molecule has 35 heavy (non-hydrogen) atoms. The van der Waals surface area contributed by atoms with Crippen molar-refractivity contribution in [1.29, 1.82) is 0 Å². The van der Waals surface area contributed by atoms with E-state index in [0.717, 1.165) is 22.5 Å². The van der Waals surface area contributed by atoms with Crippen molar-refractivity contribution in [1.82, 2.24) is 9.55 Å². The maximum atomic E-state index is 12.9. The lowest BCUT2D eigenvalue weighted by molar-refractivity contribution is -0.136. The van der Waals surface area contributed by atoms with Crippen LogP contribution in [0.15, 0.2) is 60.9 Å². The fourth-order valence-electron chi connectivity index (χ4n) is 3.45. The van der Waals surface area contributed by atoms with E-state index in [1.54, 1.807) is 36.7 Å². The van der Waals surface area contributed by atoms with Crippen molar-refractivity contribution in [3.63, 3.8) is 0 Å². The van der Waals surface area contributed by atoms with E-state index in [1.165, 1.54) is 24.9 Å². The van der Waals surface area contributed by atoms with Gasteiger partial charge in [0.25, 0.3) is 0 Å². The summed E-state index contributed by atoms with van der Waals surface area (Å²) in [6.07, 6.45) is -1.27. The van der Waals surface area contributed by atoms with Crippen LogP contribution in [0.3, 0.4) is 0 Å². The van der Waals surface area contributed by atoms with E-state index < -0.39 is 11.7 Å². The Bertz CT molecular complexity index is 1240. The van der Waals surface area contributed by atoms with Crippen LogP contribution < -0.4 is 5.32 Å². The molecule has 9 heteroatoms. The van der Waals surface area contributed by atoms with Gasteiger partial charge in [0.1, 0.15) is 19.4 Å². The van der Waals surface area contributed by atoms with Gasteiger partial charge >= 0.3 is 6.18 Å². The number of hydrogen-bond donors (Lipinski definition) is 1. The van der Waals surface area contributed by atoms with Crippen LogP contribution in [0.1, 0.15) is 16.8 Å². The zero-order valence-electron chi connectivity index (χ0n) is 19.9. The van der Waals surface area contributed by atoms with Crippen LogP contribution in [-0.2, 0) is 22.8 Å². The van der Waals surface area contributed by atoms with Crippen LogP contribution >= 0.6 is 0 Å². The second-order valence-electron chi connectivity index (χ2n) is 7.17. The van der Waals surface area contributed by atoms with Gasteiger partial charge in [0, 0.05) is 48.8 Å². The molecule has 0 atom stereocenters. The third kappa shape index (κ3) is 6.99. The molecule has 0 radical (unpaired) electrons. The van der Waals surface area contributed by atoms with Crippen LogP contribution in [0.5, 0.6) is 0 Å². The monoisotopic (exact) mass is 489 g/mol. The summed E-state index contributed by atoms with van der Waals surface area (Å²) in [6.45, 7) is 8.07. The van der Waals surface area contributed by atoms with Gasteiger partial charge < -0.3 is 19.5 Å². The van der Waals surface area contributed by atoms with Gasteiger partial charge in [0.2, 0.25) is 0 Å². The maximum absolute atomic E-state index is 12.9. The molecule has 1 N–H and O–H groups in total. The highest BCUT2D eigenvalue weighted by molar-refractivity contribution is 5.85. The molecule has 4 aromatic rings. The molecule has 0 aliphatic heterocycles. The Morgan fingerprint density at radius 2 is 1.49 bits per heavy atom. The Hall–Kier alpha value is -4.01. The van der Waals surface area contributed by atoms with Crippen molar-refractivity contribution in [2.24, 2.45) is 7.05 Å². The first-order valence-electron chi connectivity index (χ1n) is 10.2. The number of benzene rings is 2. The second kappa shape index (κ2) is 13.0. The number of carbonyl (C=O) groups is 2. The Labute approximate surface area is 201 Å². The molecule has 0 aliphatic rings. The Kier molecular flexibility index (Phi) is 10.8. The Balaban J connectivity index is 0.000000318. The first kappa shape index (κ1) is 29.0. The Morgan fingerprint density at radius 1 is 0.886 bits per heavy atom. The van der Waals surface area contributed by atoms with Gasteiger partial charge in [0.15, 0.2) is 0 Å². The van der Waals surface area contributed by atoms with E-state index >= 15 is 0 Å². The number of anilines is 1. The standard InChI is InChI=1S/C13H11F3N2.C11H12FN.2CH2O/c1-17-12-3-2-10(8-11(12)13(14,15)16)9-4-6-18-7-5-9;1-7-8(2)13(3)11-5-4-9(12)6-10(7)11;2*1-2/h2-8,17H,1H3;4-6H,1-3H3;2*1H2. The summed E-state index contributed by atoms with van der Waals surface area (Å²) in [5.41, 5.74) is 4.08. The van der Waals surface area contributed by atoms with E-state index in [0.29, 0.717) is 11.1 Å². The summed E-state index contributed by atoms with van der Waals surface area (Å²) in [5.74, 6) is -0.166. The smallest absolute Gasteiger partial charge is 0.388 e. The molecule has 0 saturated heterocycles. The number of nitrogens with one attached hydrogen (secondary N) is 1. The number of alkyl halides is 3. The molecule has 2 aromatic heterocycles. The molecule has 5 nitrogen and oxygen atoms in total. The molecule has 4 rings (SSSR count). The number of aryl methyl sites for hydroxylation is 2. The minimum atomic E-state index is -4.37. The number of halogens is 4. The van der Waals surface area contributed by atoms with Gasteiger partial charge in [-0.15, -0.1) is 0 Å². The number of aromatic nitrogens is 2.